The van der Waals surface area contributed by atoms with Crippen molar-refractivity contribution in [2.45, 2.75) is 13.8 Å². The molecule has 2 nitrogen and oxygen atoms in total. The zero-order chi connectivity index (χ0) is 15.7. The van der Waals surface area contributed by atoms with Gasteiger partial charge in [0.05, 0.1) is 0 Å². The molecule has 0 aliphatic rings. The quantitative estimate of drug-likeness (QED) is 0.826. The predicted molar refractivity (Wildman–Crippen MR) is 77.9 cm³/mol. The van der Waals surface area contributed by atoms with Crippen LogP contribution >= 0.6 is 15.9 Å². The van der Waals surface area contributed by atoms with E-state index in [1.807, 2.05) is 0 Å². The molecule has 2 aromatic rings. The van der Waals surface area contributed by atoms with Crippen molar-refractivity contribution >= 4 is 27.5 Å². The zero-order valence-corrected chi connectivity index (χ0v) is 12.8. The molecular weight excluding hydrogens is 347 g/mol. The number of benzene rings is 2. The molecule has 0 radical (unpaired) electrons. The minimum absolute atomic E-state index is 0.464. The molecule has 0 unspecified atom stereocenters. The fourth-order valence-corrected chi connectivity index (χ4v) is 2.73. The van der Waals surface area contributed by atoms with Gasteiger partial charge < -0.3 is 5.32 Å². The lowest BCUT2D eigenvalue weighted by Crippen LogP contribution is -2.17. The Morgan fingerprint density at radius 2 is 1.48 bits per heavy atom. The molecule has 1 amide bonds. The normalized spacial score (nSPS) is 10.6. The summed E-state index contributed by atoms with van der Waals surface area (Å²) in [5.41, 5.74) is 1.13. The van der Waals surface area contributed by atoms with E-state index in [0.717, 1.165) is 15.6 Å². The van der Waals surface area contributed by atoms with Gasteiger partial charge in [0.2, 0.25) is 0 Å². The van der Waals surface area contributed by atoms with E-state index >= 15 is 0 Å². The number of carbonyl (C=O) groups excluding carboxylic acids is 1. The summed E-state index contributed by atoms with van der Waals surface area (Å²) in [6.07, 6.45) is 0. The van der Waals surface area contributed by atoms with Gasteiger partial charge in [0.1, 0.15) is 23.0 Å². The summed E-state index contributed by atoms with van der Waals surface area (Å²) in [7, 11) is 0. The van der Waals surface area contributed by atoms with Crippen LogP contribution in [0.25, 0.3) is 0 Å². The van der Waals surface area contributed by atoms with E-state index in [1.165, 1.54) is 0 Å². The fourth-order valence-electron chi connectivity index (χ4n) is 2.04. The van der Waals surface area contributed by atoms with Crippen LogP contribution in [0, 0.1) is 31.3 Å². The Balaban J connectivity index is 2.40. The first-order chi connectivity index (χ1) is 9.79. The Kier molecular flexibility index (Phi) is 4.37. The molecule has 110 valence electrons. The Morgan fingerprint density at radius 1 is 1.00 bits per heavy atom. The van der Waals surface area contributed by atoms with Gasteiger partial charge in [0.25, 0.3) is 5.91 Å². The van der Waals surface area contributed by atoms with Gasteiger partial charge in [-0.2, -0.15) is 0 Å². The highest BCUT2D eigenvalue weighted by Crippen LogP contribution is 2.26. The van der Waals surface area contributed by atoms with Gasteiger partial charge in [-0.25, -0.2) is 13.2 Å². The molecular formula is C15H11BrF3NO. The first-order valence-electron chi connectivity index (χ1n) is 6.02. The lowest BCUT2D eigenvalue weighted by atomic mass is 10.1. The standard InChI is InChI=1S/C15H11BrF3NO/c1-7-3-9(16)4-8(2)14(7)20-15(21)13-11(18)5-10(17)6-12(13)19/h3-6H,1-2H3,(H,20,21). The van der Waals surface area contributed by atoms with Crippen LogP contribution in [0.1, 0.15) is 21.5 Å². The van der Waals surface area contributed by atoms with Crippen molar-refractivity contribution in [1.29, 1.82) is 0 Å². The molecule has 2 aromatic carbocycles. The molecule has 0 saturated heterocycles. The Labute approximate surface area is 128 Å². The van der Waals surface area contributed by atoms with Crippen LogP contribution in [0.3, 0.4) is 0 Å². The smallest absolute Gasteiger partial charge is 0.261 e. The van der Waals surface area contributed by atoms with Gasteiger partial charge in [-0.1, -0.05) is 15.9 Å². The first kappa shape index (κ1) is 15.6. The third-order valence-electron chi connectivity index (χ3n) is 2.97. The van der Waals surface area contributed by atoms with Crippen molar-refractivity contribution in [2.24, 2.45) is 0 Å². The summed E-state index contributed by atoms with van der Waals surface area (Å²) in [5, 5.41) is 2.46. The number of nitrogens with one attached hydrogen (secondary N) is 1. The van der Waals surface area contributed by atoms with E-state index in [2.05, 4.69) is 21.2 Å². The number of amides is 1. The monoisotopic (exact) mass is 357 g/mol. The molecule has 0 fully saturated rings. The highest BCUT2D eigenvalue weighted by molar-refractivity contribution is 9.10. The lowest BCUT2D eigenvalue weighted by molar-refractivity contribution is 0.101. The molecule has 0 atom stereocenters. The average Bonchev–Trinajstić information content (AvgIpc) is 2.32. The summed E-state index contributed by atoms with van der Waals surface area (Å²) in [6.45, 7) is 3.51. The van der Waals surface area contributed by atoms with Crippen molar-refractivity contribution in [3.05, 3.63) is 62.9 Å². The van der Waals surface area contributed by atoms with Crippen LogP contribution in [-0.4, -0.2) is 5.91 Å². The van der Waals surface area contributed by atoms with Crippen molar-refractivity contribution in [3.8, 4) is 0 Å². The summed E-state index contributed by atoms with van der Waals surface area (Å²) in [4.78, 5) is 12.0. The molecule has 1 N–H and O–H groups in total. The van der Waals surface area contributed by atoms with E-state index in [-0.39, 0.29) is 0 Å². The maximum atomic E-state index is 13.6. The highest BCUT2D eigenvalue weighted by Gasteiger charge is 2.20. The van der Waals surface area contributed by atoms with Crippen LogP contribution in [0.5, 0.6) is 0 Å². The molecule has 21 heavy (non-hydrogen) atoms. The summed E-state index contributed by atoms with van der Waals surface area (Å²) >= 11 is 3.32. The SMILES string of the molecule is Cc1cc(Br)cc(C)c1NC(=O)c1c(F)cc(F)cc1F. The number of halogens is 4. The maximum absolute atomic E-state index is 13.6. The van der Waals surface area contributed by atoms with Gasteiger partial charge in [-0.15, -0.1) is 0 Å². The molecule has 0 bridgehead atoms. The van der Waals surface area contributed by atoms with Crippen molar-refractivity contribution in [3.63, 3.8) is 0 Å². The number of rotatable bonds is 2. The van der Waals surface area contributed by atoms with Crippen molar-refractivity contribution < 1.29 is 18.0 Å². The lowest BCUT2D eigenvalue weighted by Gasteiger charge is -2.13. The second kappa shape index (κ2) is 5.89. The van der Waals surface area contributed by atoms with E-state index in [0.29, 0.717) is 17.8 Å². The van der Waals surface area contributed by atoms with E-state index < -0.39 is 28.9 Å². The molecule has 2 rings (SSSR count). The van der Waals surface area contributed by atoms with Crippen LogP contribution in [0.4, 0.5) is 18.9 Å². The summed E-state index contributed by atoms with van der Waals surface area (Å²) < 4.78 is 40.8. The Morgan fingerprint density at radius 3 is 1.95 bits per heavy atom. The molecule has 0 spiro atoms. The summed E-state index contributed by atoms with van der Waals surface area (Å²) in [5.74, 6) is -4.51. The van der Waals surface area contributed by atoms with Gasteiger partial charge in [0, 0.05) is 22.3 Å². The van der Waals surface area contributed by atoms with Crippen LogP contribution in [0.15, 0.2) is 28.7 Å². The van der Waals surface area contributed by atoms with Gasteiger partial charge in [-0.05, 0) is 37.1 Å². The van der Waals surface area contributed by atoms with Crippen LogP contribution in [0.2, 0.25) is 0 Å². The van der Waals surface area contributed by atoms with Crippen molar-refractivity contribution in [1.82, 2.24) is 0 Å². The van der Waals surface area contributed by atoms with E-state index in [1.54, 1.807) is 26.0 Å². The minimum atomic E-state index is -1.24. The second-order valence-electron chi connectivity index (χ2n) is 4.61. The van der Waals surface area contributed by atoms with Crippen LogP contribution < -0.4 is 5.32 Å². The third-order valence-corrected chi connectivity index (χ3v) is 3.43. The van der Waals surface area contributed by atoms with Gasteiger partial charge >= 0.3 is 0 Å². The largest absolute Gasteiger partial charge is 0.321 e. The van der Waals surface area contributed by atoms with Gasteiger partial charge in [0.15, 0.2) is 0 Å². The third kappa shape index (κ3) is 3.26. The number of aryl methyl sites for hydroxylation is 2. The summed E-state index contributed by atoms with van der Waals surface area (Å²) in [6, 6.07) is 4.47. The van der Waals surface area contributed by atoms with E-state index in [9.17, 15) is 18.0 Å². The minimum Gasteiger partial charge on any atom is -0.321 e. The molecule has 0 heterocycles. The van der Waals surface area contributed by atoms with Crippen LogP contribution in [-0.2, 0) is 0 Å². The Bertz CT molecular complexity index is 685. The number of carbonyl (C=O) groups is 1. The molecule has 0 aliphatic carbocycles. The Hall–Kier alpha value is -1.82. The zero-order valence-electron chi connectivity index (χ0n) is 11.2. The molecule has 0 aromatic heterocycles. The molecule has 6 heteroatoms. The maximum Gasteiger partial charge on any atom is 0.261 e. The first-order valence-corrected chi connectivity index (χ1v) is 6.81. The predicted octanol–water partition coefficient (Wildman–Crippen LogP) is 4.74. The molecule has 0 saturated carbocycles. The number of hydrogen-bond donors (Lipinski definition) is 1. The van der Waals surface area contributed by atoms with E-state index in [4.69, 9.17) is 0 Å². The second-order valence-corrected chi connectivity index (χ2v) is 5.53. The molecule has 0 aliphatic heterocycles. The average molecular weight is 358 g/mol. The number of anilines is 1. The number of hydrogen-bond acceptors (Lipinski definition) is 1. The fraction of sp³-hybridized carbons (Fsp3) is 0.133. The van der Waals surface area contributed by atoms with Crippen molar-refractivity contribution in [2.75, 3.05) is 5.32 Å². The highest BCUT2D eigenvalue weighted by atomic mass is 79.9. The topological polar surface area (TPSA) is 29.1 Å². The van der Waals surface area contributed by atoms with Gasteiger partial charge in [-0.3, -0.25) is 4.79 Å².